The van der Waals surface area contributed by atoms with Crippen LogP contribution in [0.2, 0.25) is 0 Å². The molecule has 7 rings (SSSR count). The van der Waals surface area contributed by atoms with E-state index in [1.54, 1.807) is 12.1 Å². The molecular weight excluding hydrogens is 472 g/mol. The predicted molar refractivity (Wildman–Crippen MR) is 168 cm³/mol. The second kappa shape index (κ2) is 9.63. The molecule has 1 heterocycles. The van der Waals surface area contributed by atoms with Crippen molar-refractivity contribution in [2.45, 2.75) is 0 Å². The van der Waals surface area contributed by atoms with Gasteiger partial charge in [-0.15, -0.1) is 0 Å². The molecule has 0 aliphatic carbocycles. The molecule has 1 aromatic heterocycles. The standard InChI is InChI=1S/C38H26O/c1-2-3-4-6-15-26-24-33(38-32-22-13-14-23-34(32)39-35(38)25-26)37-30-20-11-9-18-28(30)36(27-16-7-5-8-17-27)29-19-10-12-21-31(29)37/h2-25H,1H2/b4-3-,15-6+/i1D,2D,3D,4D,5D,6D,9D,10D,11D,12D,13D,14D,18D,20D,22D,23D,24D,25D/b2-1?,4-3-,15-6+. The lowest BCUT2D eigenvalue weighted by Crippen LogP contribution is -1.91. The second-order valence-corrected chi connectivity index (χ2v) is 8.43. The van der Waals surface area contributed by atoms with Crippen LogP contribution in [0.5, 0.6) is 0 Å². The van der Waals surface area contributed by atoms with Crippen LogP contribution in [0.25, 0.3) is 71.8 Å². The summed E-state index contributed by atoms with van der Waals surface area (Å²) in [5, 5.41) is -0.549. The summed E-state index contributed by atoms with van der Waals surface area (Å²) in [6.07, 6.45) is 0.873. The van der Waals surface area contributed by atoms with Gasteiger partial charge in [-0.3, -0.25) is 0 Å². The first-order chi connectivity index (χ1) is 26.8. The van der Waals surface area contributed by atoms with Gasteiger partial charge < -0.3 is 4.42 Å². The number of furan rings is 1. The topological polar surface area (TPSA) is 13.1 Å². The highest BCUT2D eigenvalue weighted by molar-refractivity contribution is 6.25. The van der Waals surface area contributed by atoms with Crippen molar-refractivity contribution in [1.82, 2.24) is 0 Å². The van der Waals surface area contributed by atoms with Crippen LogP contribution in [0, 0.1) is 0 Å². The molecule has 0 bridgehead atoms. The summed E-state index contributed by atoms with van der Waals surface area (Å²) in [6, 6.07) is -1.23. The molecule has 0 atom stereocenters. The molecule has 0 spiro atoms. The molecule has 0 fully saturated rings. The minimum absolute atomic E-state index is 0.0659. The third kappa shape index (κ3) is 3.88. The maximum Gasteiger partial charge on any atom is 0.136 e. The first kappa shape index (κ1) is 10.9. The molecule has 0 aliphatic rings. The Labute approximate surface area is 252 Å². The van der Waals surface area contributed by atoms with Gasteiger partial charge in [0, 0.05) is 10.8 Å². The monoisotopic (exact) mass is 516 g/mol. The van der Waals surface area contributed by atoms with Crippen LogP contribution < -0.4 is 0 Å². The summed E-state index contributed by atoms with van der Waals surface area (Å²) in [5.74, 6) is 0. The molecule has 7 aromatic rings. The van der Waals surface area contributed by atoms with E-state index in [9.17, 15) is 5.48 Å². The van der Waals surface area contributed by atoms with Crippen LogP contribution in [0.4, 0.5) is 0 Å². The van der Waals surface area contributed by atoms with Crippen molar-refractivity contribution < 1.29 is 29.1 Å². The lowest BCUT2D eigenvalue weighted by atomic mass is 9.84. The Hall–Kier alpha value is -5.14. The highest BCUT2D eigenvalue weighted by atomic mass is 16.3. The molecule has 0 N–H and O–H groups in total. The fourth-order valence-electron chi connectivity index (χ4n) is 4.80. The third-order valence-corrected chi connectivity index (χ3v) is 6.31. The molecule has 1 heteroatoms. The average molecular weight is 517 g/mol. The molecule has 0 amide bonds. The van der Waals surface area contributed by atoms with Gasteiger partial charge in [0.2, 0.25) is 0 Å². The predicted octanol–water partition coefficient (Wildman–Crippen LogP) is 11.0. The maximum atomic E-state index is 9.73. The second-order valence-electron chi connectivity index (χ2n) is 8.43. The number of allylic oxidation sites excluding steroid dienone is 4. The number of hydrogen-bond donors (Lipinski definition) is 0. The molecule has 39 heavy (non-hydrogen) atoms. The minimum Gasteiger partial charge on any atom is -0.456 e. The molecular formula is C38H26O. The largest absolute Gasteiger partial charge is 0.456 e. The first-order valence-corrected chi connectivity index (χ1v) is 11.8. The zero-order valence-electron chi connectivity index (χ0n) is 38.0. The number of benzene rings is 6. The summed E-state index contributed by atoms with van der Waals surface area (Å²) in [4.78, 5) is 0. The van der Waals surface area contributed by atoms with Crippen LogP contribution in [-0.2, 0) is 0 Å². The Bertz CT molecular complexity index is 3030. The number of hydrogen-bond acceptors (Lipinski definition) is 1. The Morgan fingerprint density at radius 1 is 0.667 bits per heavy atom. The maximum absolute atomic E-state index is 9.73. The molecule has 184 valence electrons. The normalized spacial score (nSPS) is 19.8. The summed E-state index contributed by atoms with van der Waals surface area (Å²) in [6.45, 7) is 0.498. The van der Waals surface area contributed by atoms with E-state index >= 15 is 0 Å². The third-order valence-electron chi connectivity index (χ3n) is 6.31. The quantitative estimate of drug-likeness (QED) is 0.164. The van der Waals surface area contributed by atoms with Crippen molar-refractivity contribution in [3.8, 4) is 22.3 Å². The Balaban J connectivity index is 1.85. The SMILES string of the molecule is [2H]C=C([2H])/C([2H])=C([2H])\C([2H])=C\c1c([2H])c(-c2c3cc([2H])c([2H])cc3c(-c3ccc([2H])cc3)c3c([2H])c([2H])c([2H])c([2H])c23)c2c(oc3c([2H])c([2H])c([2H])c([2H])c32)c1[2H]. The van der Waals surface area contributed by atoms with E-state index in [1.807, 2.05) is 0 Å². The van der Waals surface area contributed by atoms with Crippen LogP contribution in [0.15, 0.2) is 150 Å². The van der Waals surface area contributed by atoms with E-state index in [0.717, 1.165) is 6.08 Å². The molecule has 6 aromatic carbocycles. The highest BCUT2D eigenvalue weighted by Gasteiger charge is 2.20. The van der Waals surface area contributed by atoms with E-state index in [1.165, 1.54) is 24.3 Å². The van der Waals surface area contributed by atoms with Crippen molar-refractivity contribution in [2.24, 2.45) is 0 Å². The van der Waals surface area contributed by atoms with Crippen LogP contribution in [0.3, 0.4) is 0 Å². The molecule has 0 radical (unpaired) electrons. The number of fused-ring (bicyclic) bond motifs is 5. The van der Waals surface area contributed by atoms with Crippen LogP contribution in [-0.4, -0.2) is 0 Å². The minimum atomic E-state index is -0.844. The van der Waals surface area contributed by atoms with Gasteiger partial charge in [0.25, 0.3) is 0 Å². The van der Waals surface area contributed by atoms with E-state index in [2.05, 4.69) is 0 Å². The van der Waals surface area contributed by atoms with Crippen LogP contribution in [0.1, 0.15) is 30.2 Å². The van der Waals surface area contributed by atoms with Gasteiger partial charge in [0.1, 0.15) is 11.2 Å². The molecule has 0 saturated heterocycles. The fraction of sp³-hybridized carbons (Fsp3) is 0. The van der Waals surface area contributed by atoms with Gasteiger partial charge in [-0.05, 0) is 67.5 Å². The Morgan fingerprint density at radius 3 is 2.18 bits per heavy atom. The average Bonchev–Trinajstić information content (AvgIpc) is 3.59. The van der Waals surface area contributed by atoms with Gasteiger partial charge in [0.05, 0.1) is 24.7 Å². The summed E-state index contributed by atoms with van der Waals surface area (Å²) in [7, 11) is 0. The van der Waals surface area contributed by atoms with Gasteiger partial charge >= 0.3 is 0 Å². The van der Waals surface area contributed by atoms with Crippen LogP contribution >= 0.6 is 0 Å². The van der Waals surface area contributed by atoms with E-state index in [-0.39, 0.29) is 67.1 Å². The van der Waals surface area contributed by atoms with Gasteiger partial charge in [-0.25, -0.2) is 0 Å². The van der Waals surface area contributed by atoms with E-state index < -0.39 is 101 Å². The molecule has 0 saturated carbocycles. The summed E-state index contributed by atoms with van der Waals surface area (Å²) in [5.41, 5.74) is -1.12. The summed E-state index contributed by atoms with van der Waals surface area (Å²) >= 11 is 0. The van der Waals surface area contributed by atoms with Gasteiger partial charge in [-0.2, -0.15) is 0 Å². The lowest BCUT2D eigenvalue weighted by Gasteiger charge is -2.18. The Kier molecular flexibility index (Phi) is 2.70. The van der Waals surface area contributed by atoms with Gasteiger partial charge in [-0.1, -0.05) is 134 Å². The smallest absolute Gasteiger partial charge is 0.136 e. The van der Waals surface area contributed by atoms with E-state index in [4.69, 9.17) is 23.6 Å². The molecule has 0 aliphatic heterocycles. The van der Waals surface area contributed by atoms with Crippen molar-refractivity contribution in [1.29, 1.82) is 0 Å². The Morgan fingerprint density at radius 2 is 1.38 bits per heavy atom. The number of rotatable bonds is 5. The highest BCUT2D eigenvalue weighted by Crippen LogP contribution is 2.47. The number of para-hydroxylation sites is 1. The van der Waals surface area contributed by atoms with Crippen molar-refractivity contribution in [3.05, 3.63) is 151 Å². The molecule has 0 unspecified atom stereocenters. The summed E-state index contributed by atoms with van der Waals surface area (Å²) < 4.78 is 161. The van der Waals surface area contributed by atoms with Crippen molar-refractivity contribution in [3.63, 3.8) is 0 Å². The fourth-order valence-corrected chi connectivity index (χ4v) is 4.80. The van der Waals surface area contributed by atoms with E-state index in [0.29, 0.717) is 12.1 Å². The molecule has 1 nitrogen and oxygen atoms in total. The van der Waals surface area contributed by atoms with Crippen molar-refractivity contribution >= 4 is 49.6 Å². The zero-order chi connectivity index (χ0) is 41.7. The van der Waals surface area contributed by atoms with Gasteiger partial charge in [0.15, 0.2) is 0 Å². The van der Waals surface area contributed by atoms with Crippen molar-refractivity contribution in [2.75, 3.05) is 0 Å². The first-order valence-electron chi connectivity index (χ1n) is 20.8. The lowest BCUT2D eigenvalue weighted by molar-refractivity contribution is 0.669. The zero-order valence-corrected chi connectivity index (χ0v) is 20.0.